The Kier molecular flexibility index (Phi) is 6.40. The first-order valence-corrected chi connectivity index (χ1v) is 9.78. The topological polar surface area (TPSA) is 87.5 Å². The van der Waals surface area contributed by atoms with Crippen molar-refractivity contribution in [3.8, 4) is 10.6 Å². The van der Waals surface area contributed by atoms with E-state index in [0.29, 0.717) is 24.0 Å². The lowest BCUT2D eigenvalue weighted by Gasteiger charge is -2.39. The molecule has 1 aliphatic rings. The van der Waals surface area contributed by atoms with Crippen LogP contribution in [0.2, 0.25) is 0 Å². The zero-order valence-electron chi connectivity index (χ0n) is 14.9. The molecule has 3 heterocycles. The van der Waals surface area contributed by atoms with Gasteiger partial charge in [0.2, 0.25) is 5.91 Å². The summed E-state index contributed by atoms with van der Waals surface area (Å²) in [5.74, 6) is 0.467. The summed E-state index contributed by atoms with van der Waals surface area (Å²) in [6, 6.07) is 5.86. The Morgan fingerprint density at radius 3 is 2.92 bits per heavy atom. The van der Waals surface area contributed by atoms with Crippen molar-refractivity contribution in [3.63, 3.8) is 0 Å². The van der Waals surface area contributed by atoms with E-state index in [1.165, 1.54) is 0 Å². The standard InChI is InChI=1S/C18H24N4O3S/c1-13(23)20-14-11-22(12-14)8-4-2-3-7-19-18(24)15-10-16(25-21-15)17-6-5-9-26-17/h5-6,9-10,14H,2-4,7-8,11-12H2,1H3,(H,19,24)(H,20,23). The van der Waals surface area contributed by atoms with Crippen molar-refractivity contribution in [2.24, 2.45) is 0 Å². The molecule has 3 rings (SSSR count). The van der Waals surface area contributed by atoms with Crippen molar-refractivity contribution in [1.29, 1.82) is 0 Å². The van der Waals surface area contributed by atoms with Gasteiger partial charge in [-0.05, 0) is 30.8 Å². The monoisotopic (exact) mass is 376 g/mol. The molecule has 140 valence electrons. The van der Waals surface area contributed by atoms with Gasteiger partial charge in [0, 0.05) is 32.6 Å². The molecule has 8 heteroatoms. The van der Waals surface area contributed by atoms with E-state index in [0.717, 1.165) is 43.8 Å². The van der Waals surface area contributed by atoms with Crippen molar-refractivity contribution in [1.82, 2.24) is 20.7 Å². The van der Waals surface area contributed by atoms with E-state index in [4.69, 9.17) is 4.52 Å². The third-order valence-electron chi connectivity index (χ3n) is 4.31. The number of aromatic nitrogens is 1. The Balaban J connectivity index is 1.25. The predicted molar refractivity (Wildman–Crippen MR) is 100 cm³/mol. The fourth-order valence-electron chi connectivity index (χ4n) is 2.98. The average molecular weight is 376 g/mol. The molecule has 0 atom stereocenters. The van der Waals surface area contributed by atoms with Crippen molar-refractivity contribution >= 4 is 23.2 Å². The van der Waals surface area contributed by atoms with Crippen LogP contribution in [-0.4, -0.2) is 54.1 Å². The predicted octanol–water partition coefficient (Wildman–Crippen LogP) is 2.12. The highest BCUT2D eigenvalue weighted by Gasteiger charge is 2.26. The first kappa shape index (κ1) is 18.6. The molecular weight excluding hydrogens is 352 g/mol. The molecule has 26 heavy (non-hydrogen) atoms. The zero-order chi connectivity index (χ0) is 18.4. The number of amides is 2. The van der Waals surface area contributed by atoms with Gasteiger partial charge in [-0.3, -0.25) is 14.5 Å². The van der Waals surface area contributed by atoms with Gasteiger partial charge in [-0.25, -0.2) is 0 Å². The molecule has 0 unspecified atom stereocenters. The maximum atomic E-state index is 12.1. The molecule has 1 saturated heterocycles. The van der Waals surface area contributed by atoms with Crippen LogP contribution in [0.3, 0.4) is 0 Å². The summed E-state index contributed by atoms with van der Waals surface area (Å²) in [5, 5.41) is 11.6. The Morgan fingerprint density at radius 2 is 2.19 bits per heavy atom. The fraction of sp³-hybridized carbons (Fsp3) is 0.500. The lowest BCUT2D eigenvalue weighted by Crippen LogP contribution is -2.58. The number of nitrogens with zero attached hydrogens (tertiary/aromatic N) is 2. The van der Waals surface area contributed by atoms with E-state index < -0.39 is 0 Å². The molecule has 2 N–H and O–H groups in total. The van der Waals surface area contributed by atoms with Crippen LogP contribution >= 0.6 is 11.3 Å². The Bertz CT molecular complexity index is 723. The SMILES string of the molecule is CC(=O)NC1CN(CCCCCNC(=O)c2cc(-c3cccs3)on2)C1. The van der Waals surface area contributed by atoms with Crippen LogP contribution in [0.1, 0.15) is 36.7 Å². The summed E-state index contributed by atoms with van der Waals surface area (Å²) in [7, 11) is 0. The summed E-state index contributed by atoms with van der Waals surface area (Å²) in [4.78, 5) is 26.3. The number of likely N-dealkylation sites (tertiary alicyclic amines) is 1. The lowest BCUT2D eigenvalue weighted by atomic mass is 10.1. The van der Waals surface area contributed by atoms with Gasteiger partial charge in [0.25, 0.3) is 5.91 Å². The van der Waals surface area contributed by atoms with E-state index in [-0.39, 0.29) is 11.8 Å². The minimum atomic E-state index is -0.197. The summed E-state index contributed by atoms with van der Waals surface area (Å²) < 4.78 is 5.22. The number of hydrogen-bond donors (Lipinski definition) is 2. The number of unbranched alkanes of at least 4 members (excludes halogenated alkanes) is 2. The van der Waals surface area contributed by atoms with Gasteiger partial charge >= 0.3 is 0 Å². The fourth-order valence-corrected chi connectivity index (χ4v) is 3.65. The second-order valence-electron chi connectivity index (χ2n) is 6.53. The van der Waals surface area contributed by atoms with Gasteiger partial charge in [0.15, 0.2) is 11.5 Å². The molecule has 2 aromatic heterocycles. The third kappa shape index (κ3) is 5.15. The van der Waals surface area contributed by atoms with E-state index in [1.54, 1.807) is 24.3 Å². The van der Waals surface area contributed by atoms with E-state index >= 15 is 0 Å². The second kappa shape index (κ2) is 8.95. The van der Waals surface area contributed by atoms with Gasteiger partial charge in [0.1, 0.15) is 0 Å². The van der Waals surface area contributed by atoms with Crippen LogP contribution in [0.4, 0.5) is 0 Å². The molecule has 0 aromatic carbocycles. The maximum absolute atomic E-state index is 12.1. The number of hydrogen-bond acceptors (Lipinski definition) is 6. The average Bonchev–Trinajstić information content (AvgIpc) is 3.25. The smallest absolute Gasteiger partial charge is 0.273 e. The molecule has 0 aliphatic carbocycles. The van der Waals surface area contributed by atoms with Crippen molar-refractivity contribution in [3.05, 3.63) is 29.3 Å². The zero-order valence-corrected chi connectivity index (χ0v) is 15.7. The first-order chi connectivity index (χ1) is 12.6. The molecule has 0 saturated carbocycles. The Labute approximate surface area is 156 Å². The van der Waals surface area contributed by atoms with Gasteiger partial charge in [-0.1, -0.05) is 17.6 Å². The summed E-state index contributed by atoms with van der Waals surface area (Å²) in [5.41, 5.74) is 0.318. The highest BCUT2D eigenvalue weighted by Crippen LogP contribution is 2.25. The van der Waals surface area contributed by atoms with Crippen LogP contribution in [0.5, 0.6) is 0 Å². The van der Waals surface area contributed by atoms with E-state index in [1.807, 2.05) is 17.5 Å². The third-order valence-corrected chi connectivity index (χ3v) is 5.19. The van der Waals surface area contributed by atoms with Crippen molar-refractivity contribution in [2.75, 3.05) is 26.2 Å². The van der Waals surface area contributed by atoms with Crippen LogP contribution in [0.15, 0.2) is 28.1 Å². The van der Waals surface area contributed by atoms with Gasteiger partial charge in [-0.15, -0.1) is 11.3 Å². The highest BCUT2D eigenvalue weighted by atomic mass is 32.1. The van der Waals surface area contributed by atoms with E-state index in [2.05, 4.69) is 20.7 Å². The lowest BCUT2D eigenvalue weighted by molar-refractivity contribution is -0.120. The summed E-state index contributed by atoms with van der Waals surface area (Å²) in [6.45, 7) is 5.11. The summed E-state index contributed by atoms with van der Waals surface area (Å²) in [6.07, 6.45) is 3.08. The molecule has 1 fully saturated rings. The van der Waals surface area contributed by atoms with E-state index in [9.17, 15) is 9.59 Å². The van der Waals surface area contributed by atoms with Gasteiger partial charge in [0.05, 0.1) is 10.9 Å². The number of nitrogens with one attached hydrogen (secondary N) is 2. The molecule has 0 radical (unpaired) electrons. The van der Waals surface area contributed by atoms with Crippen LogP contribution in [-0.2, 0) is 4.79 Å². The molecule has 1 aliphatic heterocycles. The quantitative estimate of drug-likeness (QED) is 0.655. The normalized spacial score (nSPS) is 14.8. The number of carbonyl (C=O) groups excluding carboxylic acids is 2. The maximum Gasteiger partial charge on any atom is 0.273 e. The molecule has 2 amide bonds. The Hall–Kier alpha value is -2.19. The number of rotatable bonds is 9. The second-order valence-corrected chi connectivity index (χ2v) is 7.47. The molecule has 0 bridgehead atoms. The van der Waals surface area contributed by atoms with Crippen LogP contribution in [0, 0.1) is 0 Å². The minimum absolute atomic E-state index is 0.0417. The number of carbonyl (C=O) groups is 2. The Morgan fingerprint density at radius 1 is 1.35 bits per heavy atom. The highest BCUT2D eigenvalue weighted by molar-refractivity contribution is 7.13. The van der Waals surface area contributed by atoms with Crippen LogP contribution < -0.4 is 10.6 Å². The van der Waals surface area contributed by atoms with Gasteiger partial charge in [-0.2, -0.15) is 0 Å². The molecule has 7 nitrogen and oxygen atoms in total. The first-order valence-electron chi connectivity index (χ1n) is 8.90. The molecule has 2 aromatic rings. The molecular formula is C18H24N4O3S. The van der Waals surface area contributed by atoms with Crippen LogP contribution in [0.25, 0.3) is 10.6 Å². The van der Waals surface area contributed by atoms with Crippen molar-refractivity contribution in [2.45, 2.75) is 32.2 Å². The van der Waals surface area contributed by atoms with Crippen molar-refractivity contribution < 1.29 is 14.1 Å². The molecule has 0 spiro atoms. The largest absolute Gasteiger partial charge is 0.355 e. The van der Waals surface area contributed by atoms with Gasteiger partial charge < -0.3 is 15.2 Å². The number of thiophene rings is 1. The summed E-state index contributed by atoms with van der Waals surface area (Å²) >= 11 is 1.55. The minimum Gasteiger partial charge on any atom is -0.355 e.